The number of nitrogens with zero attached hydrogens (tertiary/aromatic N) is 2. The topological polar surface area (TPSA) is 8.17 Å². The molecule has 56 heavy (non-hydrogen) atoms. The second kappa shape index (κ2) is 14.4. The number of para-hydroxylation sites is 2. The zero-order chi connectivity index (χ0) is 40.7. The highest BCUT2D eigenvalue weighted by Crippen LogP contribution is 2.38. The molecule has 0 unspecified atom stereocenters. The van der Waals surface area contributed by atoms with Crippen molar-refractivity contribution in [2.45, 2.75) is 0 Å². The fraction of sp³-hybridized carbons (Fsp3) is 0. The number of benzene rings is 9. The molecule has 0 amide bonds. The summed E-state index contributed by atoms with van der Waals surface area (Å²) in [6.07, 6.45) is 0. The monoisotopic (exact) mass is 718 g/mol. The average Bonchev–Trinajstić information content (AvgIpc) is 3.65. The van der Waals surface area contributed by atoms with Gasteiger partial charge in [-0.05, 0) is 105 Å². The summed E-state index contributed by atoms with van der Waals surface area (Å²) < 4.78 is 39.1. The summed E-state index contributed by atoms with van der Waals surface area (Å²) >= 11 is 0. The van der Waals surface area contributed by atoms with Crippen molar-refractivity contribution in [3.05, 3.63) is 230 Å². The second-order valence-electron chi connectivity index (χ2n) is 13.9. The van der Waals surface area contributed by atoms with E-state index in [4.69, 9.17) is 2.74 Å². The smallest absolute Gasteiger partial charge is 0.0645 e. The van der Waals surface area contributed by atoms with E-state index in [-0.39, 0.29) is 35.4 Å². The van der Waals surface area contributed by atoms with Gasteiger partial charge in [-0.1, -0.05) is 170 Å². The predicted octanol–water partition coefficient (Wildman–Crippen LogP) is 14.9. The molecular formula is C54H38N2. The molecule has 9 aromatic carbocycles. The molecule has 10 rings (SSSR count). The van der Waals surface area contributed by atoms with Crippen molar-refractivity contribution in [2.75, 3.05) is 4.90 Å². The summed E-state index contributed by atoms with van der Waals surface area (Å²) in [5.41, 5.74) is 12.5. The van der Waals surface area contributed by atoms with Gasteiger partial charge in [-0.3, -0.25) is 0 Å². The Balaban J connectivity index is 1.00. The second-order valence-corrected chi connectivity index (χ2v) is 13.9. The molecule has 0 spiro atoms. The van der Waals surface area contributed by atoms with Crippen LogP contribution >= 0.6 is 0 Å². The molecule has 1 aromatic heterocycles. The third kappa shape index (κ3) is 6.24. The number of hydrogen-bond acceptors (Lipinski definition) is 1. The molecule has 264 valence electrons. The lowest BCUT2D eigenvalue weighted by atomic mass is 9.99. The van der Waals surface area contributed by atoms with Gasteiger partial charge in [0, 0.05) is 33.5 Å². The highest BCUT2D eigenvalue weighted by molar-refractivity contribution is 6.09. The predicted molar refractivity (Wildman–Crippen MR) is 237 cm³/mol. The van der Waals surface area contributed by atoms with Crippen LogP contribution in [-0.2, 0) is 0 Å². The third-order valence-corrected chi connectivity index (χ3v) is 10.5. The van der Waals surface area contributed by atoms with Crippen LogP contribution in [0.4, 0.5) is 17.1 Å². The van der Waals surface area contributed by atoms with Crippen LogP contribution in [0.5, 0.6) is 0 Å². The molecule has 2 nitrogen and oxygen atoms in total. The fourth-order valence-corrected chi connectivity index (χ4v) is 7.69. The molecule has 0 atom stereocenters. The standard InChI is InChI=1S/C54H38N2/c1-3-12-39(13-4-1)42-26-32-47(33-27-42)55(48-34-28-43(29-35-48)40-14-5-2-6-15-40)49-36-30-44(31-37-49)41-22-24-45(25-23-41)46-16-11-17-50(38-46)56-53-20-9-7-18-51(53)52-19-8-10-21-54(52)56/h1-38H/i26D,27D,32D,33D. The minimum absolute atomic E-state index is 0.0829. The van der Waals surface area contributed by atoms with Crippen LogP contribution in [0.25, 0.3) is 72.0 Å². The summed E-state index contributed by atoms with van der Waals surface area (Å²) in [4.78, 5) is 1.83. The van der Waals surface area contributed by atoms with Crippen molar-refractivity contribution in [3.8, 4) is 50.2 Å². The SMILES string of the molecule is [2H]c1c([2H])c(N(c2ccc(-c3ccccc3)cc2)c2ccc(-c3ccc(-c4cccc(-n5c6ccccc6c6ccccc65)c4)cc3)cc2)c([2H])c([2H])c1-c1ccccc1. The van der Waals surface area contributed by atoms with Crippen molar-refractivity contribution in [2.24, 2.45) is 0 Å². The maximum absolute atomic E-state index is 9.29. The fourth-order valence-electron chi connectivity index (χ4n) is 7.69. The molecule has 2 heteroatoms. The molecule has 0 N–H and O–H groups in total. The lowest BCUT2D eigenvalue weighted by molar-refractivity contribution is 1.18. The minimum atomic E-state index is -0.108. The average molecular weight is 719 g/mol. The van der Waals surface area contributed by atoms with E-state index in [0.717, 1.165) is 50.4 Å². The molecular weight excluding hydrogens is 677 g/mol. The Labute approximate surface area is 333 Å². The van der Waals surface area contributed by atoms with Gasteiger partial charge in [-0.15, -0.1) is 0 Å². The Morgan fingerprint density at radius 3 is 1.21 bits per heavy atom. The van der Waals surface area contributed by atoms with Gasteiger partial charge in [-0.25, -0.2) is 0 Å². The van der Waals surface area contributed by atoms with Crippen LogP contribution in [-0.4, -0.2) is 4.57 Å². The van der Waals surface area contributed by atoms with E-state index in [2.05, 4.69) is 114 Å². The molecule has 0 saturated heterocycles. The first-order valence-corrected chi connectivity index (χ1v) is 18.9. The molecule has 0 fully saturated rings. The molecule has 10 aromatic rings. The highest BCUT2D eigenvalue weighted by Gasteiger charge is 2.15. The van der Waals surface area contributed by atoms with Crippen molar-refractivity contribution in [1.29, 1.82) is 0 Å². The molecule has 1 heterocycles. The van der Waals surface area contributed by atoms with Gasteiger partial charge < -0.3 is 9.47 Å². The van der Waals surface area contributed by atoms with Gasteiger partial charge in [0.2, 0.25) is 0 Å². The quantitative estimate of drug-likeness (QED) is 0.152. The van der Waals surface area contributed by atoms with E-state index in [9.17, 15) is 2.74 Å². The first-order chi connectivity index (χ1) is 29.4. The molecule has 0 radical (unpaired) electrons. The molecule has 0 saturated carbocycles. The highest BCUT2D eigenvalue weighted by atomic mass is 15.1. The summed E-state index contributed by atoms with van der Waals surface area (Å²) in [6.45, 7) is 0. The Kier molecular flexibility index (Phi) is 7.47. The summed E-state index contributed by atoms with van der Waals surface area (Å²) in [5.74, 6) is 0. The zero-order valence-corrected chi connectivity index (χ0v) is 30.5. The van der Waals surface area contributed by atoms with Crippen molar-refractivity contribution in [1.82, 2.24) is 4.57 Å². The number of anilines is 3. The first kappa shape index (κ1) is 29.0. The third-order valence-electron chi connectivity index (χ3n) is 10.5. The van der Waals surface area contributed by atoms with Crippen LogP contribution in [0, 0.1) is 0 Å². The summed E-state index contributed by atoms with van der Waals surface area (Å²) in [7, 11) is 0. The normalized spacial score (nSPS) is 12.2. The van der Waals surface area contributed by atoms with Gasteiger partial charge in [0.25, 0.3) is 0 Å². The lowest BCUT2D eigenvalue weighted by Gasteiger charge is -2.26. The van der Waals surface area contributed by atoms with Crippen LogP contribution in [0.2, 0.25) is 0 Å². The van der Waals surface area contributed by atoms with E-state index < -0.39 is 0 Å². The summed E-state index contributed by atoms with van der Waals surface area (Å²) in [6, 6.07) is 69.4. The summed E-state index contributed by atoms with van der Waals surface area (Å²) in [5, 5.41) is 2.47. The molecule has 0 aliphatic carbocycles. The van der Waals surface area contributed by atoms with Crippen LogP contribution < -0.4 is 4.90 Å². The maximum atomic E-state index is 9.29. The molecule has 0 bridgehead atoms. The Morgan fingerprint density at radius 2 is 0.696 bits per heavy atom. The Hall–Kier alpha value is -7.42. The van der Waals surface area contributed by atoms with Gasteiger partial charge >= 0.3 is 0 Å². The van der Waals surface area contributed by atoms with Crippen LogP contribution in [0.15, 0.2) is 230 Å². The molecule has 0 aliphatic rings. The van der Waals surface area contributed by atoms with E-state index in [0.29, 0.717) is 5.56 Å². The number of hydrogen-bond donors (Lipinski definition) is 0. The van der Waals surface area contributed by atoms with Gasteiger partial charge in [0.05, 0.1) is 16.5 Å². The largest absolute Gasteiger partial charge is 0.311 e. The van der Waals surface area contributed by atoms with Gasteiger partial charge in [-0.2, -0.15) is 0 Å². The van der Waals surface area contributed by atoms with Crippen molar-refractivity contribution in [3.63, 3.8) is 0 Å². The van der Waals surface area contributed by atoms with E-state index in [1.165, 1.54) is 21.8 Å². The minimum Gasteiger partial charge on any atom is -0.311 e. The van der Waals surface area contributed by atoms with E-state index in [1.54, 1.807) is 0 Å². The number of fused-ring (bicyclic) bond motifs is 3. The van der Waals surface area contributed by atoms with Gasteiger partial charge in [0.1, 0.15) is 0 Å². The van der Waals surface area contributed by atoms with Crippen LogP contribution in [0.1, 0.15) is 5.48 Å². The lowest BCUT2D eigenvalue weighted by Crippen LogP contribution is -2.09. The van der Waals surface area contributed by atoms with Crippen molar-refractivity contribution < 1.29 is 5.48 Å². The maximum Gasteiger partial charge on any atom is 0.0645 e. The van der Waals surface area contributed by atoms with Crippen LogP contribution in [0.3, 0.4) is 0 Å². The number of aromatic nitrogens is 1. The van der Waals surface area contributed by atoms with E-state index >= 15 is 0 Å². The van der Waals surface area contributed by atoms with E-state index in [1.807, 2.05) is 102 Å². The van der Waals surface area contributed by atoms with Gasteiger partial charge in [0.15, 0.2) is 0 Å². The van der Waals surface area contributed by atoms with Crippen molar-refractivity contribution >= 4 is 38.9 Å². The number of rotatable bonds is 8. The Morgan fingerprint density at radius 1 is 0.304 bits per heavy atom. The zero-order valence-electron chi connectivity index (χ0n) is 34.5. The molecule has 0 aliphatic heterocycles. The first-order valence-electron chi connectivity index (χ1n) is 20.9. The Bertz CT molecular complexity index is 3080.